The number of nitrogens with zero attached hydrogens (tertiary/aromatic N) is 1. The Bertz CT molecular complexity index is 705. The second-order valence-electron chi connectivity index (χ2n) is 3.60. The van der Waals surface area contributed by atoms with Gasteiger partial charge in [0.2, 0.25) is 0 Å². The summed E-state index contributed by atoms with van der Waals surface area (Å²) in [6.45, 7) is 0. The van der Waals surface area contributed by atoms with Gasteiger partial charge < -0.3 is 5.32 Å². The zero-order chi connectivity index (χ0) is 14.9. The number of halogens is 3. The first-order valence-electron chi connectivity index (χ1n) is 5.08. The van der Waals surface area contributed by atoms with Crippen LogP contribution in [-0.4, -0.2) is 10.8 Å². The fourth-order valence-electron chi connectivity index (χ4n) is 1.37. The van der Waals surface area contributed by atoms with E-state index in [1.54, 1.807) is 0 Å². The lowest BCUT2D eigenvalue weighted by Gasteiger charge is -2.04. The number of rotatable bonds is 3. The Kier molecular flexibility index (Phi) is 3.96. The number of nitro groups is 1. The van der Waals surface area contributed by atoms with E-state index in [1.807, 2.05) is 0 Å². The second-order valence-corrected chi connectivity index (χ2v) is 5.26. The van der Waals surface area contributed by atoms with Gasteiger partial charge in [-0.15, -0.1) is 11.3 Å². The van der Waals surface area contributed by atoms with Gasteiger partial charge in [-0.1, -0.05) is 11.6 Å². The van der Waals surface area contributed by atoms with Crippen molar-refractivity contribution in [1.82, 2.24) is 0 Å². The predicted octanol–water partition coefficient (Wildman–Crippen LogP) is 3.84. The predicted molar refractivity (Wildman–Crippen MR) is 70.3 cm³/mol. The van der Waals surface area contributed by atoms with E-state index in [4.69, 9.17) is 11.6 Å². The molecular formula is C11H5ClF2N2O3S. The van der Waals surface area contributed by atoms with E-state index >= 15 is 0 Å². The highest BCUT2D eigenvalue weighted by Crippen LogP contribution is 2.34. The SMILES string of the molecule is O=C(Nc1ccc(F)cc1F)c1cc([N+](=O)[O-])c(Cl)s1. The molecule has 0 aliphatic carbocycles. The highest BCUT2D eigenvalue weighted by Gasteiger charge is 2.21. The van der Waals surface area contributed by atoms with Gasteiger partial charge in [-0.3, -0.25) is 14.9 Å². The fraction of sp³-hybridized carbons (Fsp3) is 0. The Morgan fingerprint density at radius 1 is 1.35 bits per heavy atom. The first kappa shape index (κ1) is 14.4. The van der Waals surface area contributed by atoms with Gasteiger partial charge in [0.15, 0.2) is 4.34 Å². The Labute approximate surface area is 119 Å². The molecule has 1 N–H and O–H groups in total. The second kappa shape index (κ2) is 5.51. The molecule has 0 bridgehead atoms. The standard InChI is InChI=1S/C11H5ClF2N2O3S/c12-10-8(16(18)19)4-9(20-10)11(17)15-7-2-1-5(13)3-6(7)14/h1-4H,(H,15,17). The fourth-order valence-corrected chi connectivity index (χ4v) is 2.49. The van der Waals surface area contributed by atoms with Crippen LogP contribution in [0.1, 0.15) is 9.67 Å². The Morgan fingerprint density at radius 3 is 2.60 bits per heavy atom. The summed E-state index contributed by atoms with van der Waals surface area (Å²) < 4.78 is 25.9. The van der Waals surface area contributed by atoms with Gasteiger partial charge in [0, 0.05) is 12.1 Å². The molecule has 2 aromatic rings. The van der Waals surface area contributed by atoms with Crippen molar-refractivity contribution in [3.8, 4) is 0 Å². The molecule has 0 saturated heterocycles. The number of benzene rings is 1. The van der Waals surface area contributed by atoms with E-state index in [9.17, 15) is 23.7 Å². The van der Waals surface area contributed by atoms with Crippen molar-refractivity contribution in [1.29, 1.82) is 0 Å². The first-order chi connectivity index (χ1) is 9.38. The molecule has 1 amide bonds. The van der Waals surface area contributed by atoms with Gasteiger partial charge in [0.25, 0.3) is 11.6 Å². The van der Waals surface area contributed by atoms with Crippen LogP contribution >= 0.6 is 22.9 Å². The molecule has 1 aromatic carbocycles. The Balaban J connectivity index is 2.24. The number of amides is 1. The molecule has 1 heterocycles. The van der Waals surface area contributed by atoms with Crippen LogP contribution < -0.4 is 5.32 Å². The summed E-state index contributed by atoms with van der Waals surface area (Å²) in [5, 5.41) is 12.8. The Hall–Kier alpha value is -2.06. The van der Waals surface area contributed by atoms with E-state index < -0.39 is 28.2 Å². The molecule has 1 aromatic heterocycles. The lowest BCUT2D eigenvalue weighted by atomic mass is 10.3. The van der Waals surface area contributed by atoms with Crippen molar-refractivity contribution in [2.45, 2.75) is 0 Å². The van der Waals surface area contributed by atoms with Crippen LogP contribution in [0, 0.1) is 21.7 Å². The molecule has 0 spiro atoms. The van der Waals surface area contributed by atoms with Gasteiger partial charge in [-0.05, 0) is 12.1 Å². The molecule has 0 atom stereocenters. The van der Waals surface area contributed by atoms with Gasteiger partial charge in [-0.25, -0.2) is 8.78 Å². The van der Waals surface area contributed by atoms with Crippen LogP contribution in [0.2, 0.25) is 4.34 Å². The number of carbonyl (C=O) groups is 1. The topological polar surface area (TPSA) is 72.2 Å². The highest BCUT2D eigenvalue weighted by atomic mass is 35.5. The minimum absolute atomic E-state index is 0.0505. The largest absolute Gasteiger partial charge is 0.319 e. The maximum atomic E-state index is 13.4. The maximum absolute atomic E-state index is 13.4. The molecule has 0 aliphatic rings. The van der Waals surface area contributed by atoms with Gasteiger partial charge in [0.05, 0.1) is 10.6 Å². The van der Waals surface area contributed by atoms with Crippen molar-refractivity contribution >= 4 is 40.2 Å². The van der Waals surface area contributed by atoms with Crippen molar-refractivity contribution in [3.63, 3.8) is 0 Å². The molecule has 0 aliphatic heterocycles. The van der Waals surface area contributed by atoms with E-state index in [1.165, 1.54) is 0 Å². The zero-order valence-corrected chi connectivity index (χ0v) is 11.1. The molecule has 0 fully saturated rings. The van der Waals surface area contributed by atoms with Crippen molar-refractivity contribution in [2.75, 3.05) is 5.32 Å². The van der Waals surface area contributed by atoms with Gasteiger partial charge >= 0.3 is 0 Å². The third-order valence-electron chi connectivity index (χ3n) is 2.27. The normalized spacial score (nSPS) is 10.3. The molecule has 2 rings (SSSR count). The van der Waals surface area contributed by atoms with Gasteiger partial charge in [-0.2, -0.15) is 0 Å². The van der Waals surface area contributed by atoms with Crippen LogP contribution in [0.3, 0.4) is 0 Å². The maximum Gasteiger partial charge on any atom is 0.299 e. The smallest absolute Gasteiger partial charge is 0.299 e. The van der Waals surface area contributed by atoms with Crippen LogP contribution in [-0.2, 0) is 0 Å². The monoisotopic (exact) mass is 318 g/mol. The summed E-state index contributed by atoms with van der Waals surface area (Å²) in [5.41, 5.74) is -0.634. The van der Waals surface area contributed by atoms with Crippen LogP contribution in [0.25, 0.3) is 0 Å². The summed E-state index contributed by atoms with van der Waals surface area (Å²) in [6, 6.07) is 3.62. The lowest BCUT2D eigenvalue weighted by molar-refractivity contribution is -0.384. The molecule has 9 heteroatoms. The summed E-state index contributed by atoms with van der Waals surface area (Å²) in [4.78, 5) is 21.6. The molecule has 5 nitrogen and oxygen atoms in total. The summed E-state index contributed by atoms with van der Waals surface area (Å²) in [5.74, 6) is -2.50. The minimum atomic E-state index is -0.949. The summed E-state index contributed by atoms with van der Waals surface area (Å²) >= 11 is 6.31. The number of nitrogens with one attached hydrogen (secondary N) is 1. The van der Waals surface area contributed by atoms with Gasteiger partial charge in [0.1, 0.15) is 16.5 Å². The third-order valence-corrected chi connectivity index (χ3v) is 3.61. The lowest BCUT2D eigenvalue weighted by Crippen LogP contribution is -2.11. The summed E-state index contributed by atoms with van der Waals surface area (Å²) in [6.07, 6.45) is 0. The first-order valence-corrected chi connectivity index (χ1v) is 6.28. The van der Waals surface area contributed by atoms with Crippen LogP contribution in [0.5, 0.6) is 0 Å². The number of thiophene rings is 1. The summed E-state index contributed by atoms with van der Waals surface area (Å²) in [7, 11) is 0. The van der Waals surface area contributed by atoms with Crippen molar-refractivity contribution in [2.24, 2.45) is 0 Å². The molecule has 0 saturated carbocycles. The van der Waals surface area contributed by atoms with E-state index in [0.29, 0.717) is 17.4 Å². The number of carbonyl (C=O) groups excluding carboxylic acids is 1. The molecule has 104 valence electrons. The quantitative estimate of drug-likeness (QED) is 0.690. The van der Waals surface area contributed by atoms with E-state index in [2.05, 4.69) is 5.32 Å². The molecule has 0 radical (unpaired) electrons. The minimum Gasteiger partial charge on any atom is -0.319 e. The molecule has 0 unspecified atom stereocenters. The average Bonchev–Trinajstić information content (AvgIpc) is 2.75. The zero-order valence-electron chi connectivity index (χ0n) is 9.52. The van der Waals surface area contributed by atoms with Crippen molar-refractivity contribution in [3.05, 3.63) is 55.2 Å². The molecule has 20 heavy (non-hydrogen) atoms. The number of hydrogen-bond donors (Lipinski definition) is 1. The number of anilines is 1. The molecular weight excluding hydrogens is 314 g/mol. The average molecular weight is 319 g/mol. The Morgan fingerprint density at radius 2 is 2.05 bits per heavy atom. The highest BCUT2D eigenvalue weighted by molar-refractivity contribution is 7.18. The van der Waals surface area contributed by atoms with E-state index in [-0.39, 0.29) is 14.9 Å². The van der Waals surface area contributed by atoms with Crippen LogP contribution in [0.4, 0.5) is 20.2 Å². The van der Waals surface area contributed by atoms with Crippen molar-refractivity contribution < 1.29 is 18.5 Å². The third kappa shape index (κ3) is 2.91. The van der Waals surface area contributed by atoms with E-state index in [0.717, 1.165) is 18.2 Å². The number of hydrogen-bond acceptors (Lipinski definition) is 4. The van der Waals surface area contributed by atoms with Crippen LogP contribution in [0.15, 0.2) is 24.3 Å².